The molecule has 2 unspecified atom stereocenters. The Hall–Kier alpha value is -1.68. The first-order valence-corrected chi connectivity index (χ1v) is 8.20. The Morgan fingerprint density at radius 3 is 2.38 bits per heavy atom. The van der Waals surface area contributed by atoms with Gasteiger partial charge in [-0.05, 0) is 30.3 Å². The van der Waals surface area contributed by atoms with Crippen LogP contribution in [0.5, 0.6) is 0 Å². The third-order valence-corrected chi connectivity index (χ3v) is 5.80. The number of hydrogen-bond donors (Lipinski definition) is 1. The van der Waals surface area contributed by atoms with Gasteiger partial charge >= 0.3 is 0 Å². The zero-order valence-electron chi connectivity index (χ0n) is 12.3. The fraction of sp³-hybridized carbons (Fsp3) is 0.267. The normalized spacial score (nSPS) is 15.2. The molecule has 1 N–H and O–H groups in total. The number of aromatic nitrogens is 1. The van der Waals surface area contributed by atoms with Gasteiger partial charge in [0, 0.05) is 50.2 Å². The summed E-state index contributed by atoms with van der Waals surface area (Å²) in [4.78, 5) is 5.88. The van der Waals surface area contributed by atoms with Gasteiger partial charge in [-0.2, -0.15) is 0 Å². The predicted molar refractivity (Wildman–Crippen MR) is 84.2 cm³/mol. The molecule has 0 amide bonds. The average Bonchev–Trinajstić information content (AvgIpc) is 2.54. The molecule has 0 radical (unpaired) electrons. The highest BCUT2D eigenvalue weighted by molar-refractivity contribution is 7.67. The van der Waals surface area contributed by atoms with Crippen LogP contribution in [0.2, 0.25) is 0 Å². The van der Waals surface area contributed by atoms with E-state index in [1.54, 1.807) is 30.5 Å². The second-order valence-corrected chi connectivity index (χ2v) is 7.42. The van der Waals surface area contributed by atoms with E-state index >= 15 is 0 Å². The monoisotopic (exact) mass is 306 g/mol. The summed E-state index contributed by atoms with van der Waals surface area (Å²) < 4.78 is 18.3. The largest absolute Gasteiger partial charge is 0.378 e. The lowest BCUT2D eigenvalue weighted by Crippen LogP contribution is -2.15. The molecule has 6 heteroatoms. The maximum Gasteiger partial charge on any atom is 0.263 e. The van der Waals surface area contributed by atoms with Crippen LogP contribution in [0, 0.1) is 0 Å². The number of hydrogen-bond acceptors (Lipinski definition) is 5. The molecule has 0 saturated heterocycles. The van der Waals surface area contributed by atoms with E-state index < -0.39 is 13.2 Å². The molecule has 2 rings (SSSR count). The zero-order valence-corrected chi connectivity index (χ0v) is 13.2. The zero-order chi connectivity index (χ0) is 15.5. The van der Waals surface area contributed by atoms with E-state index in [0.717, 1.165) is 5.69 Å². The Labute approximate surface area is 124 Å². The number of rotatable bonds is 5. The summed E-state index contributed by atoms with van der Waals surface area (Å²) >= 11 is 0. The first-order valence-electron chi connectivity index (χ1n) is 6.50. The van der Waals surface area contributed by atoms with Gasteiger partial charge in [0.25, 0.3) is 7.37 Å². The molecule has 0 bridgehead atoms. The average molecular weight is 306 g/mol. The summed E-state index contributed by atoms with van der Waals surface area (Å²) in [5.74, 6) is -1.23. The van der Waals surface area contributed by atoms with E-state index in [0.29, 0.717) is 10.9 Å². The molecule has 0 saturated carbocycles. The van der Waals surface area contributed by atoms with Crippen molar-refractivity contribution < 1.29 is 14.2 Å². The van der Waals surface area contributed by atoms with Crippen LogP contribution in [0.4, 0.5) is 5.69 Å². The molecule has 1 heterocycles. The van der Waals surface area contributed by atoms with Gasteiger partial charge in [-0.15, -0.1) is 0 Å². The van der Waals surface area contributed by atoms with Crippen molar-refractivity contribution in [3.8, 4) is 0 Å². The number of nitrogens with zero attached hydrogens (tertiary/aromatic N) is 2. The van der Waals surface area contributed by atoms with E-state index in [9.17, 15) is 9.67 Å². The van der Waals surface area contributed by atoms with Crippen LogP contribution in [0.3, 0.4) is 0 Å². The number of aliphatic hydroxyl groups is 1. The van der Waals surface area contributed by atoms with Crippen molar-refractivity contribution in [1.29, 1.82) is 0 Å². The Kier molecular flexibility index (Phi) is 4.78. The fourth-order valence-electron chi connectivity index (χ4n) is 2.03. The van der Waals surface area contributed by atoms with Crippen molar-refractivity contribution in [3.05, 3.63) is 54.4 Å². The number of anilines is 1. The molecule has 0 aliphatic carbocycles. The van der Waals surface area contributed by atoms with Crippen LogP contribution >= 0.6 is 7.37 Å². The summed E-state index contributed by atoms with van der Waals surface area (Å²) in [5, 5.41) is 10.9. The van der Waals surface area contributed by atoms with Gasteiger partial charge in [-0.1, -0.05) is 6.07 Å². The van der Waals surface area contributed by atoms with Crippen LogP contribution in [0.25, 0.3) is 0 Å². The fourth-order valence-corrected chi connectivity index (χ4v) is 3.83. The minimum Gasteiger partial charge on any atom is -0.378 e. The van der Waals surface area contributed by atoms with E-state index in [4.69, 9.17) is 4.52 Å². The van der Waals surface area contributed by atoms with Gasteiger partial charge in [0.05, 0.1) is 0 Å². The van der Waals surface area contributed by atoms with E-state index in [1.165, 1.54) is 13.3 Å². The molecular weight excluding hydrogens is 287 g/mol. The molecule has 0 aliphatic heterocycles. The highest BCUT2D eigenvalue weighted by atomic mass is 31.2. The lowest BCUT2D eigenvalue weighted by Gasteiger charge is -2.23. The quantitative estimate of drug-likeness (QED) is 0.859. The molecule has 0 fully saturated rings. The number of aliphatic hydroxyl groups excluding tert-OH is 1. The molecule has 5 nitrogen and oxygen atoms in total. The van der Waals surface area contributed by atoms with Gasteiger partial charge in [-0.25, -0.2) is 0 Å². The second-order valence-electron chi connectivity index (χ2n) is 4.85. The van der Waals surface area contributed by atoms with E-state index in [1.807, 2.05) is 31.1 Å². The lowest BCUT2D eigenvalue weighted by molar-refractivity contribution is 0.228. The molecular formula is C15H19N2O3P. The number of benzene rings is 1. The van der Waals surface area contributed by atoms with E-state index in [-0.39, 0.29) is 0 Å². The van der Waals surface area contributed by atoms with Gasteiger partial charge in [0.2, 0.25) is 0 Å². The molecule has 2 aromatic rings. The molecule has 2 atom stereocenters. The molecule has 112 valence electrons. The third-order valence-electron chi connectivity index (χ3n) is 3.30. The topological polar surface area (TPSA) is 62.7 Å². The SMILES string of the molecule is COP(=O)(c1ccc(N(C)C)cc1)C(O)c1cccnc1. The Bertz CT molecular complexity index is 629. The van der Waals surface area contributed by atoms with Crippen molar-refractivity contribution in [2.75, 3.05) is 26.1 Å². The summed E-state index contributed by atoms with van der Waals surface area (Å²) in [7, 11) is 1.78. The predicted octanol–water partition coefficient (Wildman–Crippen LogP) is 2.39. The highest BCUT2D eigenvalue weighted by Gasteiger charge is 2.35. The van der Waals surface area contributed by atoms with Gasteiger partial charge < -0.3 is 14.5 Å². The smallest absolute Gasteiger partial charge is 0.263 e. The second kappa shape index (κ2) is 6.39. The Morgan fingerprint density at radius 1 is 1.24 bits per heavy atom. The van der Waals surface area contributed by atoms with Crippen LogP contribution in [0.1, 0.15) is 11.4 Å². The van der Waals surface area contributed by atoms with Crippen LogP contribution in [-0.4, -0.2) is 31.3 Å². The molecule has 1 aromatic heterocycles. The number of pyridine rings is 1. The Morgan fingerprint density at radius 2 is 1.90 bits per heavy atom. The first-order chi connectivity index (χ1) is 9.99. The van der Waals surface area contributed by atoms with Crippen molar-refractivity contribution in [2.24, 2.45) is 0 Å². The molecule has 1 aromatic carbocycles. The maximum absolute atomic E-state index is 13.1. The molecule has 21 heavy (non-hydrogen) atoms. The summed E-state index contributed by atoms with van der Waals surface area (Å²) in [6.45, 7) is 0. The van der Waals surface area contributed by atoms with Gasteiger partial charge in [-0.3, -0.25) is 9.55 Å². The summed E-state index contributed by atoms with van der Waals surface area (Å²) in [5.41, 5.74) is 1.46. The minimum absolute atomic E-state index is 0.472. The van der Waals surface area contributed by atoms with E-state index in [2.05, 4.69) is 4.98 Å². The van der Waals surface area contributed by atoms with Crippen molar-refractivity contribution in [2.45, 2.75) is 5.85 Å². The lowest BCUT2D eigenvalue weighted by atomic mass is 10.3. The first kappa shape index (κ1) is 15.7. The molecule has 0 aliphatic rings. The Balaban J connectivity index is 2.39. The van der Waals surface area contributed by atoms with Crippen molar-refractivity contribution >= 4 is 18.4 Å². The standard InChI is InChI=1S/C15H19N2O3P/c1-17(2)13-6-8-14(9-7-13)21(19,20-3)15(18)12-5-4-10-16-11-12/h4-11,15,18H,1-3H3. The minimum atomic E-state index is -3.42. The van der Waals surface area contributed by atoms with Crippen LogP contribution in [-0.2, 0) is 9.09 Å². The van der Waals surface area contributed by atoms with Crippen molar-refractivity contribution in [1.82, 2.24) is 4.98 Å². The maximum atomic E-state index is 13.1. The third kappa shape index (κ3) is 3.16. The van der Waals surface area contributed by atoms with Gasteiger partial charge in [0.15, 0.2) is 5.85 Å². The van der Waals surface area contributed by atoms with Crippen LogP contribution < -0.4 is 10.2 Å². The van der Waals surface area contributed by atoms with Crippen molar-refractivity contribution in [3.63, 3.8) is 0 Å². The summed E-state index contributed by atoms with van der Waals surface area (Å²) in [6, 6.07) is 10.5. The van der Waals surface area contributed by atoms with Gasteiger partial charge in [0.1, 0.15) is 0 Å². The summed E-state index contributed by atoms with van der Waals surface area (Å²) in [6.07, 6.45) is 3.09. The molecule has 0 spiro atoms. The van der Waals surface area contributed by atoms with Crippen LogP contribution in [0.15, 0.2) is 48.8 Å². The highest BCUT2D eigenvalue weighted by Crippen LogP contribution is 2.56.